The number of hydrogen-bond donors (Lipinski definition) is 3. The first-order valence-electron chi connectivity index (χ1n) is 9.38. The van der Waals surface area contributed by atoms with E-state index in [9.17, 15) is 15.5 Å². The smallest absolute Gasteiger partial charge is 0.159 e. The number of aromatic nitrogens is 2. The third-order valence-corrected chi connectivity index (χ3v) is 5.42. The molecular weight excluding hydrogens is 406 g/mol. The van der Waals surface area contributed by atoms with Crippen LogP contribution in [-0.4, -0.2) is 52.8 Å². The average Bonchev–Trinajstić information content (AvgIpc) is 3.09. The minimum absolute atomic E-state index is 0.266. The number of nitrogens with zero attached hydrogens (tertiary/aromatic N) is 4. The quantitative estimate of drug-likeness (QED) is 0.570. The van der Waals surface area contributed by atoms with Gasteiger partial charge < -0.3 is 25.2 Å². The molecule has 1 saturated heterocycles. The van der Waals surface area contributed by atoms with Crippen LogP contribution in [-0.2, 0) is 6.54 Å². The summed E-state index contributed by atoms with van der Waals surface area (Å²) >= 11 is 6.20. The van der Waals surface area contributed by atoms with Gasteiger partial charge in [-0.15, -0.1) is 10.2 Å². The average molecular weight is 426 g/mol. The van der Waals surface area contributed by atoms with Crippen LogP contribution >= 0.6 is 11.6 Å². The minimum Gasteiger partial charge on any atom is -0.495 e. The monoisotopic (exact) mass is 425 g/mol. The van der Waals surface area contributed by atoms with Crippen LogP contribution in [0.2, 0.25) is 5.02 Å². The van der Waals surface area contributed by atoms with Gasteiger partial charge in [-0.2, -0.15) is 5.26 Å². The van der Waals surface area contributed by atoms with Gasteiger partial charge in [0.1, 0.15) is 5.75 Å². The summed E-state index contributed by atoms with van der Waals surface area (Å²) < 4.78 is 5.18. The molecule has 0 aliphatic carbocycles. The van der Waals surface area contributed by atoms with E-state index in [1.165, 1.54) is 0 Å². The molecule has 0 bridgehead atoms. The van der Waals surface area contributed by atoms with Crippen molar-refractivity contribution in [3.8, 4) is 11.8 Å². The third kappa shape index (κ3) is 3.83. The van der Waals surface area contributed by atoms with Gasteiger partial charge in [-0.3, -0.25) is 0 Å². The minimum atomic E-state index is -0.835. The molecule has 0 spiro atoms. The lowest BCUT2D eigenvalue weighted by Crippen LogP contribution is -2.23. The van der Waals surface area contributed by atoms with Gasteiger partial charge in [-0.1, -0.05) is 17.7 Å². The molecule has 1 fully saturated rings. The van der Waals surface area contributed by atoms with E-state index in [1.54, 1.807) is 30.2 Å². The van der Waals surface area contributed by atoms with Crippen molar-refractivity contribution in [3.63, 3.8) is 0 Å². The highest BCUT2D eigenvalue weighted by Gasteiger charge is 2.31. The molecule has 3 aromatic rings. The number of hydrogen-bond acceptors (Lipinski definition) is 8. The molecule has 154 valence electrons. The number of nitrogens with one attached hydrogen (secondary N) is 1. The number of rotatable bonds is 5. The lowest BCUT2D eigenvalue weighted by Gasteiger charge is -2.19. The van der Waals surface area contributed by atoms with E-state index in [0.717, 1.165) is 16.3 Å². The van der Waals surface area contributed by atoms with Crippen LogP contribution in [0.3, 0.4) is 0 Å². The lowest BCUT2D eigenvalue weighted by molar-refractivity contribution is 0.0572. The summed E-state index contributed by atoms with van der Waals surface area (Å²) in [5.74, 6) is 1.69. The zero-order valence-corrected chi connectivity index (χ0v) is 17.0. The van der Waals surface area contributed by atoms with Gasteiger partial charge >= 0.3 is 0 Å². The van der Waals surface area contributed by atoms with Gasteiger partial charge in [0.05, 0.1) is 36.0 Å². The van der Waals surface area contributed by atoms with Gasteiger partial charge in [-0.25, -0.2) is 0 Å². The molecular formula is C21H20ClN5O3. The Labute approximate surface area is 178 Å². The molecule has 0 saturated carbocycles. The Balaban J connectivity index is 1.67. The molecule has 1 aliphatic heterocycles. The highest BCUT2D eigenvalue weighted by molar-refractivity contribution is 6.32. The predicted octanol–water partition coefficient (Wildman–Crippen LogP) is 2.32. The summed E-state index contributed by atoms with van der Waals surface area (Å²) in [6, 6.07) is 12.9. The standard InChI is InChI=1S/C21H20ClN5O3/c1-30-19-5-3-13(7-16(19)22)9-24-20-15-6-12(8-23)2-4-14(15)21(26-25-20)27-10-17(28)18(29)11-27/h2-7,17-18,28-29H,9-11H2,1H3,(H,24,25). The van der Waals surface area contributed by atoms with Gasteiger partial charge in [-0.05, 0) is 35.9 Å². The predicted molar refractivity (Wildman–Crippen MR) is 114 cm³/mol. The first-order chi connectivity index (χ1) is 14.5. The molecule has 2 atom stereocenters. The number of methoxy groups -OCH3 is 1. The van der Waals surface area contributed by atoms with Crippen LogP contribution in [0.15, 0.2) is 36.4 Å². The fourth-order valence-corrected chi connectivity index (χ4v) is 3.80. The largest absolute Gasteiger partial charge is 0.495 e. The van der Waals surface area contributed by atoms with Crippen LogP contribution in [0.5, 0.6) is 5.75 Å². The Bertz CT molecular complexity index is 1120. The fourth-order valence-electron chi connectivity index (χ4n) is 3.52. The van der Waals surface area contributed by atoms with E-state index in [4.69, 9.17) is 16.3 Å². The number of β-amino-alcohol motifs (C(OH)–C–C–N with tert-alkyl or cyclic N) is 2. The van der Waals surface area contributed by atoms with Crippen LogP contribution < -0.4 is 15.0 Å². The van der Waals surface area contributed by atoms with E-state index in [-0.39, 0.29) is 13.1 Å². The van der Waals surface area contributed by atoms with Gasteiger partial charge in [0.25, 0.3) is 0 Å². The van der Waals surface area contributed by atoms with E-state index in [2.05, 4.69) is 21.6 Å². The molecule has 1 aromatic heterocycles. The van der Waals surface area contributed by atoms with Crippen molar-refractivity contribution in [1.82, 2.24) is 10.2 Å². The number of nitriles is 1. The molecule has 4 rings (SSSR count). The SMILES string of the molecule is COc1ccc(CNc2nnc(N3CC(O)C(O)C3)c3ccc(C#N)cc23)cc1Cl. The Morgan fingerprint density at radius 3 is 2.60 bits per heavy atom. The Kier molecular flexibility index (Phi) is 5.59. The van der Waals surface area contributed by atoms with Crippen molar-refractivity contribution < 1.29 is 14.9 Å². The number of aliphatic hydroxyl groups excluding tert-OH is 2. The lowest BCUT2D eigenvalue weighted by atomic mass is 10.1. The molecule has 2 heterocycles. The first kappa shape index (κ1) is 20.2. The van der Waals surface area contributed by atoms with Crippen LogP contribution in [0.4, 0.5) is 11.6 Å². The molecule has 0 radical (unpaired) electrons. The third-order valence-electron chi connectivity index (χ3n) is 5.12. The number of halogens is 1. The van der Waals surface area contributed by atoms with E-state index >= 15 is 0 Å². The number of benzene rings is 2. The second-order valence-electron chi connectivity index (χ2n) is 7.11. The van der Waals surface area contributed by atoms with Crippen molar-refractivity contribution in [3.05, 3.63) is 52.5 Å². The van der Waals surface area contributed by atoms with Crippen molar-refractivity contribution in [1.29, 1.82) is 5.26 Å². The molecule has 3 N–H and O–H groups in total. The molecule has 1 aliphatic rings. The van der Waals surface area contributed by atoms with Crippen molar-refractivity contribution in [2.75, 3.05) is 30.4 Å². The second-order valence-corrected chi connectivity index (χ2v) is 7.51. The molecule has 2 aromatic carbocycles. The zero-order valence-electron chi connectivity index (χ0n) is 16.2. The Hall–Kier alpha value is -3.12. The Morgan fingerprint density at radius 2 is 1.93 bits per heavy atom. The van der Waals surface area contributed by atoms with Crippen molar-refractivity contribution in [2.45, 2.75) is 18.8 Å². The summed E-state index contributed by atoms with van der Waals surface area (Å²) in [5.41, 5.74) is 1.43. The maximum Gasteiger partial charge on any atom is 0.159 e. The van der Waals surface area contributed by atoms with Crippen LogP contribution in [0.25, 0.3) is 10.8 Å². The zero-order chi connectivity index (χ0) is 21.3. The van der Waals surface area contributed by atoms with Crippen LogP contribution in [0, 0.1) is 11.3 Å². The maximum absolute atomic E-state index is 9.89. The fraction of sp³-hybridized carbons (Fsp3) is 0.286. The highest BCUT2D eigenvalue weighted by atomic mass is 35.5. The summed E-state index contributed by atoms with van der Waals surface area (Å²) in [7, 11) is 1.56. The molecule has 30 heavy (non-hydrogen) atoms. The molecule has 2 unspecified atom stereocenters. The van der Waals surface area contributed by atoms with Gasteiger partial charge in [0, 0.05) is 30.4 Å². The number of ether oxygens (including phenoxy) is 1. The summed E-state index contributed by atoms with van der Waals surface area (Å²) in [6.45, 7) is 0.981. The van der Waals surface area contributed by atoms with Crippen LogP contribution in [0.1, 0.15) is 11.1 Å². The van der Waals surface area contributed by atoms with Crippen molar-refractivity contribution in [2.24, 2.45) is 0 Å². The van der Waals surface area contributed by atoms with E-state index in [0.29, 0.717) is 34.5 Å². The van der Waals surface area contributed by atoms with Crippen molar-refractivity contribution >= 4 is 34.0 Å². The van der Waals surface area contributed by atoms with Gasteiger partial charge in [0.2, 0.25) is 0 Å². The topological polar surface area (TPSA) is 115 Å². The summed E-state index contributed by atoms with van der Waals surface area (Å²) in [5, 5.41) is 43.0. The molecule has 0 amide bonds. The normalized spacial score (nSPS) is 18.4. The summed E-state index contributed by atoms with van der Waals surface area (Å²) in [6.07, 6.45) is -1.67. The first-order valence-corrected chi connectivity index (χ1v) is 9.76. The second kappa shape index (κ2) is 8.32. The number of anilines is 2. The Morgan fingerprint density at radius 1 is 1.17 bits per heavy atom. The molecule has 9 heteroatoms. The van der Waals surface area contributed by atoms with E-state index in [1.807, 2.05) is 18.2 Å². The van der Waals surface area contributed by atoms with Gasteiger partial charge in [0.15, 0.2) is 11.6 Å². The summed E-state index contributed by atoms with van der Waals surface area (Å²) in [4.78, 5) is 1.80. The molecule has 8 nitrogen and oxygen atoms in total. The number of aliphatic hydroxyl groups is 2. The maximum atomic E-state index is 9.89. The highest BCUT2D eigenvalue weighted by Crippen LogP contribution is 2.32. The number of fused-ring (bicyclic) bond motifs is 1. The van der Waals surface area contributed by atoms with E-state index < -0.39 is 12.2 Å².